The number of benzene rings is 2. The number of piperidine rings is 3. The minimum Gasteiger partial charge on any atom is -0.367 e. The second-order valence-electron chi connectivity index (χ2n) is 22.7. The normalized spacial score (nSPS) is 25.9. The third-order valence-corrected chi connectivity index (χ3v) is 17.9. The highest BCUT2D eigenvalue weighted by molar-refractivity contribution is 6.09. The van der Waals surface area contributed by atoms with Crippen molar-refractivity contribution in [2.75, 3.05) is 54.8 Å². The molecule has 8 heterocycles. The Labute approximate surface area is 437 Å². The van der Waals surface area contributed by atoms with Gasteiger partial charge in [-0.15, -0.1) is 0 Å². The lowest BCUT2D eigenvalue weighted by Gasteiger charge is -2.48. The Morgan fingerprint density at radius 1 is 0.800 bits per heavy atom. The van der Waals surface area contributed by atoms with E-state index in [1.807, 2.05) is 32.6 Å². The molecule has 17 heteroatoms. The molecule has 3 N–H and O–H groups in total. The third-order valence-electron chi connectivity index (χ3n) is 17.9. The molecule has 7 aliphatic rings. The van der Waals surface area contributed by atoms with Crippen molar-refractivity contribution in [2.45, 2.75) is 139 Å². The molecule has 4 saturated heterocycles. The van der Waals surface area contributed by atoms with Crippen molar-refractivity contribution in [3.8, 4) is 11.3 Å². The number of rotatable bonds is 11. The van der Waals surface area contributed by atoms with E-state index in [0.29, 0.717) is 81.5 Å². The number of pyridine rings is 2. The fraction of sp³-hybridized carbons (Fsp3) is 0.517. The number of aromatic nitrogens is 4. The molecule has 2 atom stereocenters. The van der Waals surface area contributed by atoms with Crippen LogP contribution in [0, 0.1) is 17.7 Å². The van der Waals surface area contributed by atoms with Gasteiger partial charge in [-0.05, 0) is 145 Å². The minimum absolute atomic E-state index is 0.0733. The molecule has 1 spiro atoms. The van der Waals surface area contributed by atoms with Crippen molar-refractivity contribution >= 4 is 63.6 Å². The summed E-state index contributed by atoms with van der Waals surface area (Å²) < 4.78 is 17.2. The molecule has 75 heavy (non-hydrogen) atoms. The zero-order valence-corrected chi connectivity index (χ0v) is 43.1. The predicted octanol–water partition coefficient (Wildman–Crippen LogP) is 8.22. The maximum Gasteiger partial charge on any atom is 0.238 e. The summed E-state index contributed by atoms with van der Waals surface area (Å²) in [6.45, 7) is 8.32. The highest BCUT2D eigenvalue weighted by Crippen LogP contribution is 2.52. The Morgan fingerprint density at radius 3 is 2.31 bits per heavy atom. The van der Waals surface area contributed by atoms with Crippen LogP contribution in [-0.4, -0.2) is 121 Å². The molecular formula is C58H68FN11O5. The Morgan fingerprint density at radius 2 is 1.57 bits per heavy atom. The van der Waals surface area contributed by atoms with Crippen molar-refractivity contribution in [3.63, 3.8) is 0 Å². The van der Waals surface area contributed by atoms with Crippen molar-refractivity contribution in [1.82, 2.24) is 39.5 Å². The molecule has 5 aliphatic heterocycles. The molecule has 0 bridgehead atoms. The summed E-state index contributed by atoms with van der Waals surface area (Å²) in [6.07, 6.45) is 14.7. The number of hydrogen-bond donors (Lipinski definition) is 3. The van der Waals surface area contributed by atoms with Crippen LogP contribution >= 0.6 is 0 Å². The Balaban J connectivity index is 0.715. The first-order valence-electron chi connectivity index (χ1n) is 27.7. The van der Waals surface area contributed by atoms with Gasteiger partial charge in [-0.1, -0.05) is 36.8 Å². The SMILES string of the molecule is CC(C)n1cnc2cc(-c3ccc4c(c3)N([C@H]3C[C@@H](N5CCCCC5)C3)C(=O)C43CCN(C(=O)[C@@H]4CCN(C(=O)[C@H]5CC[C@H](Nc6ccc(C7CCC(=O)NC7=O)cn6)CC5)C4)CC3)nc(Nc3ccccc3F)c21. The van der Waals surface area contributed by atoms with Gasteiger partial charge in [0.2, 0.25) is 29.5 Å². The molecule has 12 rings (SSSR count). The van der Waals surface area contributed by atoms with Crippen molar-refractivity contribution < 1.29 is 28.4 Å². The number of halogens is 1. The number of carbonyl (C=O) groups is 5. The molecule has 0 radical (unpaired) electrons. The van der Waals surface area contributed by atoms with Gasteiger partial charge in [0.25, 0.3) is 0 Å². The molecule has 5 amide bonds. The van der Waals surface area contributed by atoms with Gasteiger partial charge >= 0.3 is 0 Å². The Kier molecular flexibility index (Phi) is 13.2. The van der Waals surface area contributed by atoms with Crippen molar-refractivity contribution in [3.05, 3.63) is 90.1 Å². The number of para-hydroxylation sites is 1. The second kappa shape index (κ2) is 20.1. The number of anilines is 4. The average Bonchev–Trinajstić information content (AvgIpc) is 4.16. The number of imidazole rings is 1. The van der Waals surface area contributed by atoms with Crippen LogP contribution in [0.25, 0.3) is 22.3 Å². The lowest BCUT2D eigenvalue weighted by molar-refractivity contribution is -0.140. The number of fused-ring (bicyclic) bond motifs is 3. The standard InChI is InChI=1S/C58H68FN11O5/c1-35(2)69-34-61-48-31-47(64-53(52(48)69)63-46-9-5-4-8-45(46)59)37-12-17-44-49(28-37)70(42-29-41(30-42)66-23-6-3-7-24-66)57(75)58(44)21-26-67(27-22-58)56(74)39-20-25-68(33-39)55(73)36-10-14-40(15-11-36)62-50-18-13-38(32-60-50)43-16-19-51(71)65-54(43)72/h4-5,8-9,12-13,17-18,28,31-32,34-36,39-43H,3,6-7,10-11,14-16,19-27,29-30,33H2,1-2H3,(H,60,62)(H,63,64)(H,65,71,72)/t36-,39-,40-,41-,42+,43?/m1/s1. The van der Waals surface area contributed by atoms with E-state index in [-0.39, 0.29) is 71.2 Å². The first-order valence-corrected chi connectivity index (χ1v) is 27.7. The van der Waals surface area contributed by atoms with Crippen LogP contribution in [0.1, 0.15) is 127 Å². The first kappa shape index (κ1) is 49.1. The molecule has 6 fully saturated rings. The largest absolute Gasteiger partial charge is 0.367 e. The second-order valence-corrected chi connectivity index (χ2v) is 22.7. The lowest BCUT2D eigenvalue weighted by Crippen LogP contribution is -2.58. The smallest absolute Gasteiger partial charge is 0.238 e. The van der Waals surface area contributed by atoms with E-state index >= 15 is 9.18 Å². The molecule has 1 unspecified atom stereocenters. The third kappa shape index (κ3) is 9.22. The Bertz CT molecular complexity index is 3020. The molecule has 5 aromatic rings. The molecule has 3 aromatic heterocycles. The lowest BCUT2D eigenvalue weighted by atomic mass is 9.73. The summed E-state index contributed by atoms with van der Waals surface area (Å²) in [4.78, 5) is 90.6. The molecule has 392 valence electrons. The Hall–Kier alpha value is -6.75. The molecule has 16 nitrogen and oxygen atoms in total. The van der Waals surface area contributed by atoms with Gasteiger partial charge in [0.05, 0.1) is 40.5 Å². The number of nitrogens with one attached hydrogen (secondary N) is 3. The van der Waals surface area contributed by atoms with E-state index in [1.165, 1.54) is 25.3 Å². The zero-order valence-electron chi connectivity index (χ0n) is 43.1. The number of imide groups is 1. The van der Waals surface area contributed by atoms with Gasteiger partial charge in [-0.2, -0.15) is 0 Å². The van der Waals surface area contributed by atoms with Crippen LogP contribution in [0.5, 0.6) is 0 Å². The van der Waals surface area contributed by atoms with Crippen LogP contribution in [-0.2, 0) is 29.4 Å². The maximum atomic E-state index is 15.3. The summed E-state index contributed by atoms with van der Waals surface area (Å²) >= 11 is 0. The van der Waals surface area contributed by atoms with Crippen LogP contribution in [0.4, 0.5) is 27.4 Å². The van der Waals surface area contributed by atoms with Gasteiger partial charge in [-0.25, -0.2) is 19.3 Å². The van der Waals surface area contributed by atoms with Crippen molar-refractivity contribution in [2.24, 2.45) is 11.8 Å². The monoisotopic (exact) mass is 1020 g/mol. The van der Waals surface area contributed by atoms with Gasteiger partial charge in [0.15, 0.2) is 5.82 Å². The summed E-state index contributed by atoms with van der Waals surface area (Å²) in [5, 5.41) is 9.21. The van der Waals surface area contributed by atoms with Crippen LogP contribution in [0.2, 0.25) is 0 Å². The van der Waals surface area contributed by atoms with Crippen LogP contribution in [0.3, 0.4) is 0 Å². The van der Waals surface area contributed by atoms with E-state index in [0.717, 1.165) is 90.8 Å². The van der Waals surface area contributed by atoms with E-state index in [1.54, 1.807) is 30.7 Å². The molecule has 2 aromatic carbocycles. The number of amides is 5. The predicted molar refractivity (Wildman–Crippen MR) is 284 cm³/mol. The fourth-order valence-corrected chi connectivity index (χ4v) is 13.5. The average molecular weight is 1020 g/mol. The highest BCUT2D eigenvalue weighted by atomic mass is 19.1. The van der Waals surface area contributed by atoms with Gasteiger partial charge in [0, 0.05) is 80.1 Å². The van der Waals surface area contributed by atoms with Gasteiger partial charge in [0.1, 0.15) is 17.2 Å². The number of hydrogen-bond acceptors (Lipinski definition) is 11. The number of likely N-dealkylation sites (tertiary alicyclic amines) is 3. The van der Waals surface area contributed by atoms with Crippen LogP contribution in [0.15, 0.2) is 73.2 Å². The molecule has 2 aliphatic carbocycles. The fourth-order valence-electron chi connectivity index (χ4n) is 13.5. The zero-order chi connectivity index (χ0) is 51.5. The maximum absolute atomic E-state index is 15.3. The van der Waals surface area contributed by atoms with E-state index < -0.39 is 5.41 Å². The van der Waals surface area contributed by atoms with E-state index in [4.69, 9.17) is 9.97 Å². The van der Waals surface area contributed by atoms with Crippen LogP contribution < -0.4 is 20.9 Å². The van der Waals surface area contributed by atoms with E-state index in [9.17, 15) is 19.2 Å². The summed E-state index contributed by atoms with van der Waals surface area (Å²) in [5.74, 6) is -0.0530. The minimum atomic E-state index is -0.757. The van der Waals surface area contributed by atoms with Gasteiger partial charge in [-0.3, -0.25) is 29.3 Å². The topological polar surface area (TPSA) is 178 Å². The summed E-state index contributed by atoms with van der Waals surface area (Å²) in [6, 6.07) is 19.4. The molecule has 2 saturated carbocycles. The van der Waals surface area contributed by atoms with Crippen molar-refractivity contribution in [1.29, 1.82) is 0 Å². The van der Waals surface area contributed by atoms with E-state index in [2.05, 4.69) is 62.8 Å². The quantitative estimate of drug-likeness (QED) is 0.109. The summed E-state index contributed by atoms with van der Waals surface area (Å²) in [7, 11) is 0. The van der Waals surface area contributed by atoms with Gasteiger partial charge < -0.3 is 34.8 Å². The molecular weight excluding hydrogens is 950 g/mol. The number of nitrogens with zero attached hydrogens (tertiary/aromatic N) is 8. The first-order chi connectivity index (χ1) is 36.4. The summed E-state index contributed by atoms with van der Waals surface area (Å²) in [5.41, 5.74) is 5.33. The highest BCUT2D eigenvalue weighted by Gasteiger charge is 2.56. The number of carbonyl (C=O) groups excluding carboxylic acids is 5.